The van der Waals surface area contributed by atoms with Crippen molar-refractivity contribution in [1.82, 2.24) is 0 Å². The van der Waals surface area contributed by atoms with Gasteiger partial charge in [-0.2, -0.15) is 13.2 Å². The molecular weight excluding hydrogens is 297 g/mol. The van der Waals surface area contributed by atoms with Crippen LogP contribution in [0.5, 0.6) is 0 Å². The monoisotopic (exact) mass is 302 g/mol. The molecular formula is C9H6ClF3O4S. The van der Waals surface area contributed by atoms with Crippen LogP contribution in [0.25, 0.3) is 0 Å². The molecule has 0 heterocycles. The Kier molecular flexibility index (Phi) is 3.92. The van der Waals surface area contributed by atoms with Crippen LogP contribution in [0.2, 0.25) is 5.02 Å². The molecule has 1 N–H and O–H groups in total. The largest absolute Gasteiger partial charge is 0.497 e. The predicted molar refractivity (Wildman–Crippen MR) is 57.1 cm³/mol. The van der Waals surface area contributed by atoms with E-state index in [1.54, 1.807) is 0 Å². The van der Waals surface area contributed by atoms with Gasteiger partial charge >= 0.3 is 11.5 Å². The Morgan fingerprint density at radius 2 is 1.89 bits per heavy atom. The van der Waals surface area contributed by atoms with Gasteiger partial charge < -0.3 is 5.11 Å². The molecule has 0 fully saturated rings. The van der Waals surface area contributed by atoms with E-state index >= 15 is 0 Å². The Morgan fingerprint density at radius 1 is 1.33 bits per heavy atom. The van der Waals surface area contributed by atoms with Crippen LogP contribution in [0.4, 0.5) is 13.2 Å². The van der Waals surface area contributed by atoms with Gasteiger partial charge in [-0.25, -0.2) is 13.2 Å². The highest BCUT2D eigenvalue weighted by Gasteiger charge is 2.45. The van der Waals surface area contributed by atoms with Crippen molar-refractivity contribution in [2.45, 2.75) is 11.3 Å². The first-order valence-electron chi connectivity index (χ1n) is 4.36. The van der Waals surface area contributed by atoms with Crippen LogP contribution in [-0.4, -0.2) is 25.0 Å². The van der Waals surface area contributed by atoms with E-state index in [-0.39, 0.29) is 0 Å². The van der Waals surface area contributed by atoms with E-state index in [4.69, 9.17) is 16.7 Å². The Morgan fingerprint density at radius 3 is 2.33 bits per heavy atom. The number of hydrogen-bond donors (Lipinski definition) is 1. The number of carboxylic acid groups (broad SMARTS) is 1. The molecule has 0 aliphatic heterocycles. The van der Waals surface area contributed by atoms with Crippen LogP contribution in [0.3, 0.4) is 0 Å². The standard InChI is InChI=1S/C9H6ClF3O4S/c10-7-5(2-1-3-6(7)8(14)15)4-18(16,17)9(11,12)13/h1-3H,4H2,(H,14,15). The fourth-order valence-electron chi connectivity index (χ4n) is 1.14. The minimum absolute atomic E-state index is 0.408. The molecule has 1 rings (SSSR count). The molecule has 1 aromatic carbocycles. The summed E-state index contributed by atoms with van der Waals surface area (Å²) in [6.45, 7) is 0. The van der Waals surface area contributed by atoms with Gasteiger partial charge in [0.25, 0.3) is 9.84 Å². The molecule has 0 aliphatic carbocycles. The van der Waals surface area contributed by atoms with Crippen molar-refractivity contribution < 1.29 is 31.5 Å². The molecule has 9 heteroatoms. The molecule has 0 spiro atoms. The molecule has 100 valence electrons. The van der Waals surface area contributed by atoms with Crippen molar-refractivity contribution in [2.24, 2.45) is 0 Å². The summed E-state index contributed by atoms with van der Waals surface area (Å²) in [4.78, 5) is 10.7. The lowest BCUT2D eigenvalue weighted by Crippen LogP contribution is -2.25. The maximum Gasteiger partial charge on any atom is 0.497 e. The summed E-state index contributed by atoms with van der Waals surface area (Å²) in [7, 11) is -5.39. The number of carbonyl (C=O) groups is 1. The van der Waals surface area contributed by atoms with E-state index in [0.29, 0.717) is 0 Å². The minimum Gasteiger partial charge on any atom is -0.478 e. The maximum atomic E-state index is 12.2. The van der Waals surface area contributed by atoms with Gasteiger partial charge in [-0.15, -0.1) is 0 Å². The Balaban J connectivity index is 3.23. The molecule has 0 aromatic heterocycles. The molecule has 0 amide bonds. The fraction of sp³-hybridized carbons (Fsp3) is 0.222. The van der Waals surface area contributed by atoms with Crippen LogP contribution in [0.15, 0.2) is 18.2 Å². The van der Waals surface area contributed by atoms with Gasteiger partial charge in [0.2, 0.25) is 0 Å². The quantitative estimate of drug-likeness (QED) is 0.931. The SMILES string of the molecule is O=C(O)c1cccc(CS(=O)(=O)C(F)(F)F)c1Cl. The van der Waals surface area contributed by atoms with Gasteiger partial charge in [0.05, 0.1) is 16.3 Å². The summed E-state index contributed by atoms with van der Waals surface area (Å²) >= 11 is 5.55. The number of aromatic carboxylic acids is 1. The zero-order valence-electron chi connectivity index (χ0n) is 8.53. The summed E-state index contributed by atoms with van der Waals surface area (Å²) in [5, 5.41) is 8.18. The van der Waals surface area contributed by atoms with Gasteiger partial charge in [0, 0.05) is 0 Å². The van der Waals surface area contributed by atoms with Gasteiger partial charge in [-0.3, -0.25) is 0 Å². The number of hydrogen-bond acceptors (Lipinski definition) is 3. The molecule has 0 bridgehead atoms. The minimum atomic E-state index is -5.41. The van der Waals surface area contributed by atoms with Gasteiger partial charge in [-0.05, 0) is 11.6 Å². The summed E-state index contributed by atoms with van der Waals surface area (Å²) in [6, 6.07) is 3.21. The lowest BCUT2D eigenvalue weighted by Gasteiger charge is -2.10. The van der Waals surface area contributed by atoms with Crippen molar-refractivity contribution >= 4 is 27.4 Å². The second-order valence-electron chi connectivity index (χ2n) is 3.29. The smallest absolute Gasteiger partial charge is 0.478 e. The van der Waals surface area contributed by atoms with Crippen molar-refractivity contribution in [1.29, 1.82) is 0 Å². The molecule has 0 radical (unpaired) electrons. The second-order valence-corrected chi connectivity index (χ2v) is 5.65. The van der Waals surface area contributed by atoms with Crippen molar-refractivity contribution in [3.05, 3.63) is 34.3 Å². The molecule has 4 nitrogen and oxygen atoms in total. The molecule has 1 aromatic rings. The third kappa shape index (κ3) is 2.94. The Hall–Kier alpha value is -1.28. The predicted octanol–water partition coefficient (Wildman–Crippen LogP) is 2.47. The highest BCUT2D eigenvalue weighted by molar-refractivity contribution is 7.91. The highest BCUT2D eigenvalue weighted by atomic mass is 35.5. The Bertz CT molecular complexity index is 580. The summed E-state index contributed by atoms with van der Waals surface area (Å²) < 4.78 is 58.3. The van der Waals surface area contributed by atoms with Crippen LogP contribution in [0, 0.1) is 0 Å². The third-order valence-corrected chi connectivity index (χ3v) is 3.85. The van der Waals surface area contributed by atoms with E-state index < -0.39 is 43.2 Å². The first-order chi connectivity index (χ1) is 8.06. The topological polar surface area (TPSA) is 71.4 Å². The van der Waals surface area contributed by atoms with Crippen LogP contribution in [-0.2, 0) is 15.6 Å². The summed E-state index contributed by atoms with van der Waals surface area (Å²) in [5.74, 6) is -2.84. The normalized spacial score (nSPS) is 12.4. The maximum absolute atomic E-state index is 12.2. The number of rotatable bonds is 3. The van der Waals surface area contributed by atoms with Gasteiger partial charge in [-0.1, -0.05) is 23.7 Å². The third-order valence-electron chi connectivity index (χ3n) is 2.01. The molecule has 0 atom stereocenters. The van der Waals surface area contributed by atoms with E-state index in [0.717, 1.165) is 18.2 Å². The van der Waals surface area contributed by atoms with E-state index in [1.165, 1.54) is 0 Å². The number of benzene rings is 1. The Labute approximate surface area is 105 Å². The fourth-order valence-corrected chi connectivity index (χ4v) is 2.31. The van der Waals surface area contributed by atoms with Gasteiger partial charge in [0.1, 0.15) is 0 Å². The average Bonchev–Trinajstić information content (AvgIpc) is 2.18. The molecule has 0 saturated carbocycles. The number of halogens is 4. The second kappa shape index (κ2) is 4.77. The van der Waals surface area contributed by atoms with E-state index in [1.807, 2.05) is 0 Å². The molecule has 18 heavy (non-hydrogen) atoms. The first-order valence-corrected chi connectivity index (χ1v) is 6.39. The molecule has 0 unspecified atom stereocenters. The van der Waals surface area contributed by atoms with Gasteiger partial charge in [0.15, 0.2) is 0 Å². The van der Waals surface area contributed by atoms with Crippen molar-refractivity contribution in [3.63, 3.8) is 0 Å². The average molecular weight is 303 g/mol. The number of sulfone groups is 1. The van der Waals surface area contributed by atoms with E-state index in [2.05, 4.69) is 0 Å². The summed E-state index contributed by atoms with van der Waals surface area (Å²) in [5.41, 5.74) is -6.27. The summed E-state index contributed by atoms with van der Waals surface area (Å²) in [6.07, 6.45) is 0. The highest BCUT2D eigenvalue weighted by Crippen LogP contribution is 2.30. The molecule has 0 aliphatic rings. The zero-order valence-corrected chi connectivity index (χ0v) is 10.1. The lowest BCUT2D eigenvalue weighted by atomic mass is 10.1. The van der Waals surface area contributed by atoms with E-state index in [9.17, 15) is 26.4 Å². The first kappa shape index (κ1) is 14.8. The van der Waals surface area contributed by atoms with Crippen LogP contribution in [0.1, 0.15) is 15.9 Å². The van der Waals surface area contributed by atoms with Crippen LogP contribution >= 0.6 is 11.6 Å². The lowest BCUT2D eigenvalue weighted by molar-refractivity contribution is -0.0437. The zero-order chi connectivity index (χ0) is 14.1. The number of alkyl halides is 3. The molecule has 0 saturated heterocycles. The van der Waals surface area contributed by atoms with Crippen molar-refractivity contribution in [2.75, 3.05) is 0 Å². The number of carboxylic acids is 1. The van der Waals surface area contributed by atoms with Crippen molar-refractivity contribution in [3.8, 4) is 0 Å². The van der Waals surface area contributed by atoms with Crippen LogP contribution < -0.4 is 0 Å².